The molecule has 35 heavy (non-hydrogen) atoms. The number of amides is 3. The fraction of sp³-hybridized carbons (Fsp3) is 0.423. The summed E-state index contributed by atoms with van der Waals surface area (Å²) in [6.07, 6.45) is -0.0727. The van der Waals surface area contributed by atoms with Crippen molar-refractivity contribution in [3.8, 4) is 5.75 Å². The quantitative estimate of drug-likeness (QED) is 0.625. The van der Waals surface area contributed by atoms with Crippen molar-refractivity contribution in [1.82, 2.24) is 15.1 Å². The Morgan fingerprint density at radius 3 is 2.49 bits per heavy atom. The average molecular weight is 480 g/mol. The van der Waals surface area contributed by atoms with Gasteiger partial charge in [-0.3, -0.25) is 19.3 Å². The van der Waals surface area contributed by atoms with Gasteiger partial charge in [0.2, 0.25) is 17.7 Å². The first kappa shape index (κ1) is 24.5. The van der Waals surface area contributed by atoms with Gasteiger partial charge in [0.15, 0.2) is 0 Å². The molecular formula is C26H33N5O4. The number of hydrogen-bond donors (Lipinski definition) is 2. The lowest BCUT2D eigenvalue weighted by molar-refractivity contribution is -0.145. The predicted octanol–water partition coefficient (Wildman–Crippen LogP) is 1.48. The third kappa shape index (κ3) is 6.30. The van der Waals surface area contributed by atoms with E-state index >= 15 is 0 Å². The summed E-state index contributed by atoms with van der Waals surface area (Å²) >= 11 is 0. The van der Waals surface area contributed by atoms with E-state index in [1.54, 1.807) is 18.1 Å². The third-order valence-electron chi connectivity index (χ3n) is 6.50. The number of rotatable bonds is 7. The molecule has 2 aromatic carbocycles. The molecule has 4 rings (SSSR count). The molecule has 9 heteroatoms. The lowest BCUT2D eigenvalue weighted by atomic mass is 10.1. The normalized spacial score (nSPS) is 18.7. The molecule has 186 valence electrons. The Bertz CT molecular complexity index is 1050. The zero-order valence-electron chi connectivity index (χ0n) is 20.3. The van der Waals surface area contributed by atoms with Crippen LogP contribution < -0.4 is 20.3 Å². The second-order valence-corrected chi connectivity index (χ2v) is 8.98. The van der Waals surface area contributed by atoms with Crippen LogP contribution in [0.2, 0.25) is 0 Å². The van der Waals surface area contributed by atoms with Crippen molar-refractivity contribution in [2.24, 2.45) is 0 Å². The third-order valence-corrected chi connectivity index (χ3v) is 6.50. The van der Waals surface area contributed by atoms with E-state index in [0.717, 1.165) is 43.2 Å². The van der Waals surface area contributed by atoms with E-state index < -0.39 is 6.04 Å². The molecule has 2 heterocycles. The van der Waals surface area contributed by atoms with Crippen molar-refractivity contribution in [1.29, 1.82) is 0 Å². The van der Waals surface area contributed by atoms with Gasteiger partial charge in [-0.2, -0.15) is 0 Å². The van der Waals surface area contributed by atoms with Crippen molar-refractivity contribution >= 4 is 29.1 Å². The lowest BCUT2D eigenvalue weighted by Gasteiger charge is -2.39. The number of ether oxygens (including phenoxy) is 1. The maximum atomic E-state index is 13.2. The summed E-state index contributed by atoms with van der Waals surface area (Å²) in [5, 5.41) is 5.63. The smallest absolute Gasteiger partial charge is 0.243 e. The highest BCUT2D eigenvalue weighted by molar-refractivity contribution is 5.97. The monoisotopic (exact) mass is 479 g/mol. The summed E-state index contributed by atoms with van der Waals surface area (Å²) < 4.78 is 5.23. The van der Waals surface area contributed by atoms with Crippen LogP contribution in [-0.2, 0) is 14.4 Å². The minimum atomic E-state index is -0.804. The molecule has 9 nitrogen and oxygen atoms in total. The van der Waals surface area contributed by atoms with Gasteiger partial charge in [-0.25, -0.2) is 0 Å². The molecule has 0 unspecified atom stereocenters. The number of anilines is 2. The van der Waals surface area contributed by atoms with Gasteiger partial charge < -0.3 is 25.2 Å². The predicted molar refractivity (Wildman–Crippen MR) is 135 cm³/mol. The number of benzene rings is 2. The highest BCUT2D eigenvalue weighted by Gasteiger charge is 2.35. The van der Waals surface area contributed by atoms with Crippen LogP contribution in [0.4, 0.5) is 11.4 Å². The van der Waals surface area contributed by atoms with E-state index in [4.69, 9.17) is 4.74 Å². The molecule has 2 N–H and O–H groups in total. The Labute approximate surface area is 206 Å². The standard InChI is InChI=1S/C26H33N5O4/c1-19-4-3-5-20(16-19)28-24(32)17-23-26(34)27-10-11-31(23)25(33)18-29-12-14-30(15-13-29)21-6-8-22(35-2)9-7-21/h3-9,16,23H,10-15,17-18H2,1-2H3,(H,27,34)(H,28,32)/t23-/m1/s1. The molecule has 0 saturated carbocycles. The SMILES string of the molecule is COc1ccc(N2CCN(CC(=O)N3CCNC(=O)[C@H]3CC(=O)Nc3cccc(C)c3)CC2)cc1. The van der Waals surface area contributed by atoms with Crippen molar-refractivity contribution in [2.45, 2.75) is 19.4 Å². The number of nitrogens with zero attached hydrogens (tertiary/aromatic N) is 3. The molecule has 0 radical (unpaired) electrons. The van der Waals surface area contributed by atoms with Gasteiger partial charge >= 0.3 is 0 Å². The first-order chi connectivity index (χ1) is 16.9. The Morgan fingerprint density at radius 1 is 1.06 bits per heavy atom. The Morgan fingerprint density at radius 2 is 1.80 bits per heavy atom. The highest BCUT2D eigenvalue weighted by Crippen LogP contribution is 2.21. The molecule has 0 bridgehead atoms. The zero-order valence-corrected chi connectivity index (χ0v) is 20.3. The van der Waals surface area contributed by atoms with Gasteiger partial charge in [0.25, 0.3) is 0 Å². The molecule has 2 fully saturated rings. The molecule has 2 aromatic rings. The van der Waals surface area contributed by atoms with Gasteiger partial charge in [0.1, 0.15) is 11.8 Å². The molecule has 0 aromatic heterocycles. The minimum absolute atomic E-state index is 0.0727. The summed E-state index contributed by atoms with van der Waals surface area (Å²) in [6, 6.07) is 14.7. The summed E-state index contributed by atoms with van der Waals surface area (Å²) in [6.45, 7) is 6.09. The summed E-state index contributed by atoms with van der Waals surface area (Å²) in [5.74, 6) is 0.133. The maximum absolute atomic E-state index is 13.2. The van der Waals surface area contributed by atoms with E-state index in [0.29, 0.717) is 18.8 Å². The van der Waals surface area contributed by atoms with Crippen LogP contribution in [-0.4, -0.2) is 86.5 Å². The molecule has 3 amide bonds. The Kier molecular flexibility index (Phi) is 7.87. The second-order valence-electron chi connectivity index (χ2n) is 8.98. The van der Waals surface area contributed by atoms with E-state index in [2.05, 4.69) is 20.4 Å². The van der Waals surface area contributed by atoms with Crippen molar-refractivity contribution in [3.05, 3.63) is 54.1 Å². The second kappa shape index (κ2) is 11.2. The summed E-state index contributed by atoms with van der Waals surface area (Å²) in [5.41, 5.74) is 2.84. The van der Waals surface area contributed by atoms with Crippen molar-refractivity contribution in [3.63, 3.8) is 0 Å². The van der Waals surface area contributed by atoms with Gasteiger partial charge in [-0.15, -0.1) is 0 Å². The molecule has 0 aliphatic carbocycles. The fourth-order valence-electron chi connectivity index (χ4n) is 4.57. The molecule has 1 atom stereocenters. The number of aryl methyl sites for hydroxylation is 1. The number of piperazine rings is 2. The fourth-order valence-corrected chi connectivity index (χ4v) is 4.57. The van der Waals surface area contributed by atoms with Crippen LogP contribution >= 0.6 is 0 Å². The van der Waals surface area contributed by atoms with Crippen molar-refractivity contribution in [2.75, 3.05) is 63.1 Å². The van der Waals surface area contributed by atoms with Gasteiger partial charge in [-0.05, 0) is 48.9 Å². The van der Waals surface area contributed by atoms with Gasteiger partial charge in [0.05, 0.1) is 20.1 Å². The maximum Gasteiger partial charge on any atom is 0.243 e. The van der Waals surface area contributed by atoms with Gasteiger partial charge in [0, 0.05) is 50.6 Å². The van der Waals surface area contributed by atoms with E-state index in [1.807, 2.05) is 49.4 Å². The molecule has 2 aliphatic rings. The first-order valence-electron chi connectivity index (χ1n) is 12.0. The van der Waals surface area contributed by atoms with Crippen LogP contribution in [0.3, 0.4) is 0 Å². The van der Waals surface area contributed by atoms with Crippen molar-refractivity contribution < 1.29 is 19.1 Å². The highest BCUT2D eigenvalue weighted by atomic mass is 16.5. The Hall–Kier alpha value is -3.59. The van der Waals surface area contributed by atoms with Crippen LogP contribution in [0.15, 0.2) is 48.5 Å². The number of methoxy groups -OCH3 is 1. The molecule has 0 spiro atoms. The number of hydrogen-bond acceptors (Lipinski definition) is 6. The summed E-state index contributed by atoms with van der Waals surface area (Å²) in [4.78, 5) is 44.4. The molecule has 2 saturated heterocycles. The van der Waals surface area contributed by atoms with Crippen LogP contribution in [0.1, 0.15) is 12.0 Å². The zero-order chi connectivity index (χ0) is 24.8. The van der Waals surface area contributed by atoms with Crippen LogP contribution in [0.25, 0.3) is 0 Å². The number of carbonyl (C=O) groups is 3. The first-order valence-corrected chi connectivity index (χ1v) is 12.0. The van der Waals surface area contributed by atoms with Gasteiger partial charge in [-0.1, -0.05) is 12.1 Å². The lowest BCUT2D eigenvalue weighted by Crippen LogP contribution is -2.60. The molecule has 2 aliphatic heterocycles. The summed E-state index contributed by atoms with van der Waals surface area (Å²) in [7, 11) is 1.65. The average Bonchev–Trinajstić information content (AvgIpc) is 2.86. The van der Waals surface area contributed by atoms with Crippen LogP contribution in [0, 0.1) is 6.92 Å². The minimum Gasteiger partial charge on any atom is -0.497 e. The van der Waals surface area contributed by atoms with Crippen LogP contribution in [0.5, 0.6) is 5.75 Å². The number of carbonyl (C=O) groups excluding carboxylic acids is 3. The Balaban J connectivity index is 1.31. The van der Waals surface area contributed by atoms with E-state index in [1.165, 1.54) is 0 Å². The topological polar surface area (TPSA) is 94.2 Å². The largest absolute Gasteiger partial charge is 0.497 e. The van der Waals surface area contributed by atoms with E-state index in [-0.39, 0.29) is 30.7 Å². The number of nitrogens with one attached hydrogen (secondary N) is 2. The molecular weight excluding hydrogens is 446 g/mol. The van der Waals surface area contributed by atoms with E-state index in [9.17, 15) is 14.4 Å².